The first-order valence-electron chi connectivity index (χ1n) is 5.90. The zero-order valence-electron chi connectivity index (χ0n) is 11.1. The Bertz CT molecular complexity index is 608. The van der Waals surface area contributed by atoms with Gasteiger partial charge in [-0.3, -0.25) is 4.98 Å². The van der Waals surface area contributed by atoms with E-state index < -0.39 is 5.82 Å². The first-order valence-corrected chi connectivity index (χ1v) is 6.28. The average Bonchev–Trinajstić information content (AvgIpc) is 2.47. The lowest BCUT2D eigenvalue weighted by atomic mass is 10.2. The van der Waals surface area contributed by atoms with Crippen molar-refractivity contribution in [2.45, 2.75) is 6.54 Å². The molecule has 0 unspecified atom stereocenters. The van der Waals surface area contributed by atoms with Gasteiger partial charge in [-0.2, -0.15) is 0 Å². The molecule has 1 aromatic heterocycles. The van der Waals surface area contributed by atoms with Crippen LogP contribution in [0.4, 0.5) is 10.1 Å². The van der Waals surface area contributed by atoms with Crippen LogP contribution in [0.1, 0.15) is 5.69 Å². The van der Waals surface area contributed by atoms with Crippen LogP contribution in [0, 0.1) is 5.82 Å². The van der Waals surface area contributed by atoms with E-state index in [0.717, 1.165) is 0 Å². The second-order valence-corrected chi connectivity index (χ2v) is 4.38. The van der Waals surface area contributed by atoms with Crippen molar-refractivity contribution in [1.82, 2.24) is 4.98 Å². The van der Waals surface area contributed by atoms with Crippen molar-refractivity contribution in [1.29, 1.82) is 0 Å². The number of anilines is 1. The van der Waals surface area contributed by atoms with E-state index in [1.54, 1.807) is 32.5 Å². The molecule has 0 saturated carbocycles. The molecule has 0 radical (unpaired) electrons. The van der Waals surface area contributed by atoms with Crippen LogP contribution in [-0.2, 0) is 6.54 Å². The average molecular weight is 297 g/mol. The predicted molar refractivity (Wildman–Crippen MR) is 76.1 cm³/mol. The molecule has 0 bridgehead atoms. The molecule has 0 aliphatic carbocycles. The van der Waals surface area contributed by atoms with Gasteiger partial charge in [0, 0.05) is 18.0 Å². The lowest BCUT2D eigenvalue weighted by Crippen LogP contribution is -2.05. The highest BCUT2D eigenvalue weighted by Gasteiger charge is 2.11. The first kappa shape index (κ1) is 14.4. The molecule has 0 aliphatic rings. The molecule has 2 aromatic rings. The van der Waals surface area contributed by atoms with Gasteiger partial charge < -0.3 is 14.8 Å². The van der Waals surface area contributed by atoms with Gasteiger partial charge in [-0.25, -0.2) is 4.39 Å². The zero-order chi connectivity index (χ0) is 14.5. The maximum absolute atomic E-state index is 13.3. The lowest BCUT2D eigenvalue weighted by Gasteiger charge is -2.12. The van der Waals surface area contributed by atoms with Gasteiger partial charge in [-0.1, -0.05) is 11.6 Å². The van der Waals surface area contributed by atoms with Gasteiger partial charge in [0.25, 0.3) is 0 Å². The van der Waals surface area contributed by atoms with Gasteiger partial charge in [0.05, 0.1) is 25.8 Å². The molecule has 6 heteroatoms. The second kappa shape index (κ2) is 6.43. The van der Waals surface area contributed by atoms with Crippen molar-refractivity contribution in [2.24, 2.45) is 0 Å². The van der Waals surface area contributed by atoms with Crippen LogP contribution < -0.4 is 14.8 Å². The normalized spacial score (nSPS) is 10.2. The minimum absolute atomic E-state index is 0.0904. The van der Waals surface area contributed by atoms with Crippen molar-refractivity contribution in [3.63, 3.8) is 0 Å². The summed E-state index contributed by atoms with van der Waals surface area (Å²) in [4.78, 5) is 4.23. The van der Waals surface area contributed by atoms with Crippen LogP contribution in [-0.4, -0.2) is 19.2 Å². The largest absolute Gasteiger partial charge is 0.493 e. The van der Waals surface area contributed by atoms with Gasteiger partial charge >= 0.3 is 0 Å². The van der Waals surface area contributed by atoms with Crippen molar-refractivity contribution in [3.8, 4) is 11.5 Å². The Morgan fingerprint density at radius 3 is 2.70 bits per heavy atom. The van der Waals surface area contributed by atoms with E-state index in [2.05, 4.69) is 10.3 Å². The molecule has 0 fully saturated rings. The van der Waals surface area contributed by atoms with E-state index in [1.807, 2.05) is 0 Å². The molecule has 106 valence electrons. The van der Waals surface area contributed by atoms with E-state index in [0.29, 0.717) is 29.4 Å². The Kier molecular flexibility index (Phi) is 4.63. The van der Waals surface area contributed by atoms with Gasteiger partial charge in [0.2, 0.25) is 0 Å². The Morgan fingerprint density at radius 2 is 2.05 bits per heavy atom. The number of aromatic nitrogens is 1. The van der Waals surface area contributed by atoms with E-state index in [1.165, 1.54) is 12.1 Å². The SMILES string of the molecule is COc1ccnc(CNc2ccc(Cl)c(F)c2)c1OC. The number of rotatable bonds is 5. The smallest absolute Gasteiger partial charge is 0.184 e. The van der Waals surface area contributed by atoms with E-state index >= 15 is 0 Å². The Morgan fingerprint density at radius 1 is 1.25 bits per heavy atom. The van der Waals surface area contributed by atoms with Crippen molar-refractivity contribution in [3.05, 3.63) is 47.0 Å². The van der Waals surface area contributed by atoms with Gasteiger partial charge in [-0.05, 0) is 18.2 Å². The monoisotopic (exact) mass is 296 g/mol. The Hall–Kier alpha value is -2.01. The highest BCUT2D eigenvalue weighted by atomic mass is 35.5. The molecular weight excluding hydrogens is 283 g/mol. The summed E-state index contributed by atoms with van der Waals surface area (Å²) in [5, 5.41) is 3.15. The van der Waals surface area contributed by atoms with E-state index in [-0.39, 0.29) is 5.02 Å². The number of hydrogen-bond acceptors (Lipinski definition) is 4. The van der Waals surface area contributed by atoms with Crippen molar-refractivity contribution >= 4 is 17.3 Å². The number of nitrogens with one attached hydrogen (secondary N) is 1. The van der Waals surface area contributed by atoms with Crippen LogP contribution in [0.25, 0.3) is 0 Å². The van der Waals surface area contributed by atoms with Crippen molar-refractivity contribution < 1.29 is 13.9 Å². The third-order valence-electron chi connectivity index (χ3n) is 2.75. The fraction of sp³-hybridized carbons (Fsp3) is 0.214. The first-order chi connectivity index (χ1) is 9.65. The number of halogens is 2. The third kappa shape index (κ3) is 3.11. The summed E-state index contributed by atoms with van der Waals surface area (Å²) in [5.41, 5.74) is 1.28. The molecule has 4 nitrogen and oxygen atoms in total. The summed E-state index contributed by atoms with van der Waals surface area (Å²) < 4.78 is 23.8. The predicted octanol–water partition coefficient (Wildman–Crippen LogP) is 3.50. The molecule has 0 atom stereocenters. The van der Waals surface area contributed by atoms with Crippen LogP contribution in [0.15, 0.2) is 30.5 Å². The second-order valence-electron chi connectivity index (χ2n) is 3.98. The van der Waals surface area contributed by atoms with E-state index in [9.17, 15) is 4.39 Å². The topological polar surface area (TPSA) is 43.4 Å². The number of ether oxygens (including phenoxy) is 2. The number of pyridine rings is 1. The van der Waals surface area contributed by atoms with E-state index in [4.69, 9.17) is 21.1 Å². The lowest BCUT2D eigenvalue weighted by molar-refractivity contribution is 0.350. The number of hydrogen-bond donors (Lipinski definition) is 1. The van der Waals surface area contributed by atoms with Crippen LogP contribution in [0.5, 0.6) is 11.5 Å². The summed E-state index contributed by atoms with van der Waals surface area (Å²) >= 11 is 5.63. The minimum atomic E-state index is -0.470. The quantitative estimate of drug-likeness (QED) is 0.917. The summed E-state index contributed by atoms with van der Waals surface area (Å²) in [5.74, 6) is 0.681. The number of benzene rings is 1. The summed E-state index contributed by atoms with van der Waals surface area (Å²) in [6.07, 6.45) is 1.63. The molecule has 0 spiro atoms. The maximum Gasteiger partial charge on any atom is 0.184 e. The summed E-state index contributed by atoms with van der Waals surface area (Å²) in [6.45, 7) is 0.376. The fourth-order valence-corrected chi connectivity index (χ4v) is 1.89. The minimum Gasteiger partial charge on any atom is -0.493 e. The molecule has 1 N–H and O–H groups in total. The molecule has 0 saturated heterocycles. The highest BCUT2D eigenvalue weighted by molar-refractivity contribution is 6.30. The van der Waals surface area contributed by atoms with Crippen LogP contribution in [0.3, 0.4) is 0 Å². The number of methoxy groups -OCH3 is 2. The standard InChI is InChI=1S/C14H14ClFN2O2/c1-19-13-5-6-17-12(14(13)20-2)8-18-9-3-4-10(15)11(16)7-9/h3-7,18H,8H2,1-2H3. The van der Waals surface area contributed by atoms with Crippen molar-refractivity contribution in [2.75, 3.05) is 19.5 Å². The maximum atomic E-state index is 13.3. The molecule has 0 aliphatic heterocycles. The fourth-order valence-electron chi connectivity index (χ4n) is 1.77. The van der Waals surface area contributed by atoms with Gasteiger partial charge in [-0.15, -0.1) is 0 Å². The zero-order valence-corrected chi connectivity index (χ0v) is 11.9. The van der Waals surface area contributed by atoms with Gasteiger partial charge in [0.15, 0.2) is 11.5 Å². The third-order valence-corrected chi connectivity index (χ3v) is 3.05. The van der Waals surface area contributed by atoms with Crippen LogP contribution >= 0.6 is 11.6 Å². The molecular formula is C14H14ClFN2O2. The molecule has 1 aromatic carbocycles. The summed E-state index contributed by atoms with van der Waals surface area (Å²) in [7, 11) is 3.11. The molecule has 2 rings (SSSR count). The molecule has 1 heterocycles. The Labute approximate surface area is 121 Å². The number of nitrogens with zero attached hydrogens (tertiary/aromatic N) is 1. The van der Waals surface area contributed by atoms with Gasteiger partial charge in [0.1, 0.15) is 11.5 Å². The highest BCUT2D eigenvalue weighted by Crippen LogP contribution is 2.29. The van der Waals surface area contributed by atoms with Crippen LogP contribution in [0.2, 0.25) is 5.02 Å². The molecule has 0 amide bonds. The summed E-state index contributed by atoms with van der Waals surface area (Å²) in [6, 6.07) is 6.23. The molecule has 20 heavy (non-hydrogen) atoms. The Balaban J connectivity index is 2.16.